The van der Waals surface area contributed by atoms with Gasteiger partial charge in [-0.3, -0.25) is 4.79 Å². The van der Waals surface area contributed by atoms with Crippen molar-refractivity contribution >= 4 is 11.5 Å². The van der Waals surface area contributed by atoms with Gasteiger partial charge in [0.15, 0.2) is 0 Å². The van der Waals surface area contributed by atoms with Crippen LogP contribution in [0.1, 0.15) is 17.3 Å². The van der Waals surface area contributed by atoms with E-state index >= 15 is 0 Å². The Morgan fingerprint density at radius 3 is 2.42 bits per heavy atom. The van der Waals surface area contributed by atoms with Gasteiger partial charge < -0.3 is 5.84 Å². The highest BCUT2D eigenvalue weighted by molar-refractivity contribution is 6.45. The maximum Gasteiger partial charge on any atom is 0.208 e. The van der Waals surface area contributed by atoms with Crippen LogP contribution in [-0.4, -0.2) is 11.5 Å². The minimum atomic E-state index is -0.127. The van der Waals surface area contributed by atoms with E-state index in [9.17, 15) is 4.79 Å². The number of carbonyl (C=O) groups excluding carboxylic acids is 1. The van der Waals surface area contributed by atoms with Crippen molar-refractivity contribution in [1.82, 2.24) is 0 Å². The first kappa shape index (κ1) is 8.46. The molecule has 0 atom stereocenters. The molecule has 1 aromatic carbocycles. The fourth-order valence-electron chi connectivity index (χ4n) is 0.857. The normalized spacial score (nSPS) is 11.2. The number of rotatable bonds is 2. The highest BCUT2D eigenvalue weighted by Crippen LogP contribution is 2.00. The number of Topliss-reactive ketones (excluding diaryl/α,β-unsaturated/α-hetero) is 1. The van der Waals surface area contributed by atoms with Gasteiger partial charge in [-0.05, 0) is 6.92 Å². The molecule has 0 aliphatic rings. The van der Waals surface area contributed by atoms with E-state index in [1.165, 1.54) is 0 Å². The third-order valence-electron chi connectivity index (χ3n) is 1.56. The molecular weight excluding hydrogens is 152 g/mol. The summed E-state index contributed by atoms with van der Waals surface area (Å²) < 4.78 is 0. The molecule has 0 radical (unpaired) electrons. The molecule has 12 heavy (non-hydrogen) atoms. The molecule has 2 N–H and O–H groups in total. The summed E-state index contributed by atoms with van der Waals surface area (Å²) >= 11 is 0. The fraction of sp³-hybridized carbons (Fsp3) is 0.111. The molecule has 3 nitrogen and oxygen atoms in total. The van der Waals surface area contributed by atoms with Gasteiger partial charge in [-0.1, -0.05) is 30.3 Å². The van der Waals surface area contributed by atoms with Crippen molar-refractivity contribution in [1.29, 1.82) is 0 Å². The lowest BCUT2D eigenvalue weighted by Gasteiger charge is -1.96. The van der Waals surface area contributed by atoms with Crippen LogP contribution in [0.15, 0.2) is 35.4 Å². The average molecular weight is 162 g/mol. The highest BCUT2D eigenvalue weighted by atomic mass is 16.1. The van der Waals surface area contributed by atoms with E-state index in [1.807, 2.05) is 6.07 Å². The van der Waals surface area contributed by atoms with Gasteiger partial charge in [0, 0.05) is 5.56 Å². The third-order valence-corrected chi connectivity index (χ3v) is 1.56. The number of hydrazone groups is 1. The molecule has 0 aliphatic carbocycles. The second-order valence-electron chi connectivity index (χ2n) is 2.41. The van der Waals surface area contributed by atoms with E-state index < -0.39 is 0 Å². The quantitative estimate of drug-likeness (QED) is 0.307. The lowest BCUT2D eigenvalue weighted by atomic mass is 10.1. The van der Waals surface area contributed by atoms with Gasteiger partial charge in [0.2, 0.25) is 5.78 Å². The summed E-state index contributed by atoms with van der Waals surface area (Å²) in [5, 5.41) is 3.33. The van der Waals surface area contributed by atoms with Gasteiger partial charge >= 0.3 is 0 Å². The molecular formula is C9H10N2O. The Kier molecular flexibility index (Phi) is 2.58. The monoisotopic (exact) mass is 162 g/mol. The zero-order chi connectivity index (χ0) is 8.97. The van der Waals surface area contributed by atoms with Gasteiger partial charge in [0.05, 0.1) is 0 Å². The van der Waals surface area contributed by atoms with E-state index in [4.69, 9.17) is 5.84 Å². The maximum atomic E-state index is 11.4. The fourth-order valence-corrected chi connectivity index (χ4v) is 0.857. The molecule has 1 rings (SSSR count). The lowest BCUT2D eigenvalue weighted by molar-refractivity contribution is 0.106. The average Bonchev–Trinajstić information content (AvgIpc) is 2.17. The second kappa shape index (κ2) is 3.67. The predicted molar refractivity (Wildman–Crippen MR) is 48.1 cm³/mol. The van der Waals surface area contributed by atoms with Crippen LogP contribution in [0.4, 0.5) is 0 Å². The summed E-state index contributed by atoms with van der Waals surface area (Å²) in [6.45, 7) is 1.59. The molecule has 62 valence electrons. The Balaban J connectivity index is 2.94. The summed E-state index contributed by atoms with van der Waals surface area (Å²) in [5.41, 5.74) is 0.936. The van der Waals surface area contributed by atoms with Gasteiger partial charge in [-0.25, -0.2) is 0 Å². The van der Waals surface area contributed by atoms with Crippen molar-refractivity contribution in [2.24, 2.45) is 10.9 Å². The van der Waals surface area contributed by atoms with Gasteiger partial charge in [0.1, 0.15) is 5.71 Å². The van der Waals surface area contributed by atoms with E-state index in [1.54, 1.807) is 31.2 Å². The first-order chi connectivity index (χ1) is 5.75. The number of nitrogens with two attached hydrogens (primary N) is 1. The molecule has 0 amide bonds. The zero-order valence-corrected chi connectivity index (χ0v) is 6.82. The molecule has 0 saturated heterocycles. The van der Waals surface area contributed by atoms with Crippen molar-refractivity contribution in [3.63, 3.8) is 0 Å². The smallest absolute Gasteiger partial charge is 0.208 e. The van der Waals surface area contributed by atoms with Crippen molar-refractivity contribution in [3.05, 3.63) is 35.9 Å². The van der Waals surface area contributed by atoms with Crippen LogP contribution in [0.25, 0.3) is 0 Å². The van der Waals surface area contributed by atoms with Crippen LogP contribution < -0.4 is 5.84 Å². The Labute approximate surface area is 70.9 Å². The number of carbonyl (C=O) groups is 1. The Bertz CT molecular complexity index is 304. The summed E-state index contributed by atoms with van der Waals surface area (Å²) in [6.07, 6.45) is 0. The summed E-state index contributed by atoms with van der Waals surface area (Å²) in [7, 11) is 0. The largest absolute Gasteiger partial charge is 0.323 e. The van der Waals surface area contributed by atoms with Crippen LogP contribution >= 0.6 is 0 Å². The van der Waals surface area contributed by atoms with E-state index in [2.05, 4.69) is 5.10 Å². The van der Waals surface area contributed by atoms with E-state index in [0.29, 0.717) is 11.3 Å². The Morgan fingerprint density at radius 2 is 1.92 bits per heavy atom. The first-order valence-electron chi connectivity index (χ1n) is 3.60. The van der Waals surface area contributed by atoms with Crippen molar-refractivity contribution in [3.8, 4) is 0 Å². The topological polar surface area (TPSA) is 55.4 Å². The predicted octanol–water partition coefficient (Wildman–Crippen LogP) is 1.20. The van der Waals surface area contributed by atoms with Gasteiger partial charge in [0.25, 0.3) is 0 Å². The summed E-state index contributed by atoms with van der Waals surface area (Å²) in [6, 6.07) is 8.92. The van der Waals surface area contributed by atoms with Crippen LogP contribution in [0.5, 0.6) is 0 Å². The molecule has 0 bridgehead atoms. The number of hydrogen-bond acceptors (Lipinski definition) is 3. The molecule has 0 heterocycles. The van der Waals surface area contributed by atoms with Gasteiger partial charge in [-0.15, -0.1) is 0 Å². The van der Waals surface area contributed by atoms with Crippen LogP contribution in [0.3, 0.4) is 0 Å². The van der Waals surface area contributed by atoms with E-state index in [-0.39, 0.29) is 5.78 Å². The third kappa shape index (κ3) is 1.69. The Hall–Kier alpha value is -1.64. The van der Waals surface area contributed by atoms with Crippen LogP contribution in [-0.2, 0) is 0 Å². The molecule has 3 heteroatoms. The minimum Gasteiger partial charge on any atom is -0.323 e. The molecule has 0 saturated carbocycles. The molecule has 0 unspecified atom stereocenters. The van der Waals surface area contributed by atoms with E-state index in [0.717, 1.165) is 0 Å². The number of hydrogen-bond donors (Lipinski definition) is 1. The minimum absolute atomic E-state index is 0.127. The van der Waals surface area contributed by atoms with Crippen molar-refractivity contribution < 1.29 is 4.79 Å². The van der Waals surface area contributed by atoms with Gasteiger partial charge in [-0.2, -0.15) is 5.10 Å². The first-order valence-corrected chi connectivity index (χ1v) is 3.60. The summed E-state index contributed by atoms with van der Waals surface area (Å²) in [5.74, 6) is 4.85. The van der Waals surface area contributed by atoms with Crippen molar-refractivity contribution in [2.75, 3.05) is 0 Å². The standard InChI is InChI=1S/C9H10N2O/c1-7(11-10)9(12)8-5-3-2-4-6-8/h2-6H,10H2,1H3/b11-7-. The SMILES string of the molecule is C/C(=N/N)C(=O)c1ccccc1. The van der Waals surface area contributed by atoms with Crippen molar-refractivity contribution in [2.45, 2.75) is 6.92 Å². The molecule has 0 fully saturated rings. The number of ketones is 1. The maximum absolute atomic E-state index is 11.4. The number of benzene rings is 1. The summed E-state index contributed by atoms with van der Waals surface area (Å²) in [4.78, 5) is 11.4. The highest BCUT2D eigenvalue weighted by Gasteiger charge is 2.07. The Morgan fingerprint density at radius 1 is 1.33 bits per heavy atom. The molecule has 0 aromatic heterocycles. The van der Waals surface area contributed by atoms with Crippen LogP contribution in [0, 0.1) is 0 Å². The second-order valence-corrected chi connectivity index (χ2v) is 2.41. The lowest BCUT2D eigenvalue weighted by Crippen LogP contribution is -2.12. The molecule has 1 aromatic rings. The molecule has 0 aliphatic heterocycles. The number of nitrogens with zero attached hydrogens (tertiary/aromatic N) is 1. The molecule has 0 spiro atoms. The zero-order valence-electron chi connectivity index (χ0n) is 6.82. The van der Waals surface area contributed by atoms with Crippen LogP contribution in [0.2, 0.25) is 0 Å².